The molecule has 2 heterocycles. The first kappa shape index (κ1) is 14.6. The average molecular weight is 324 g/mol. The predicted molar refractivity (Wildman–Crippen MR) is 81.6 cm³/mol. The molecule has 0 bridgehead atoms. The molecular formula is C13H16N4O2S2. The van der Waals surface area contributed by atoms with Gasteiger partial charge in [-0.25, -0.2) is 13.4 Å². The van der Waals surface area contributed by atoms with E-state index < -0.39 is 10.0 Å². The van der Waals surface area contributed by atoms with E-state index in [1.807, 2.05) is 37.4 Å². The van der Waals surface area contributed by atoms with Crippen molar-refractivity contribution < 1.29 is 8.42 Å². The van der Waals surface area contributed by atoms with E-state index in [0.29, 0.717) is 18.9 Å². The summed E-state index contributed by atoms with van der Waals surface area (Å²) in [6.45, 7) is 2.48. The number of likely N-dealkylation sites (N-methyl/N-ethyl adjacent to an activating group) is 1. The molecule has 0 N–H and O–H groups in total. The van der Waals surface area contributed by atoms with Gasteiger partial charge < -0.3 is 4.90 Å². The molecule has 3 rings (SSSR count). The van der Waals surface area contributed by atoms with Gasteiger partial charge in [0.05, 0.1) is 0 Å². The Balaban J connectivity index is 1.85. The van der Waals surface area contributed by atoms with E-state index >= 15 is 0 Å². The highest BCUT2D eigenvalue weighted by Gasteiger charge is 2.30. The summed E-state index contributed by atoms with van der Waals surface area (Å²) in [5, 5.41) is 0. The Labute approximate surface area is 128 Å². The zero-order valence-corrected chi connectivity index (χ0v) is 13.3. The lowest BCUT2D eigenvalue weighted by Gasteiger charge is -2.30. The van der Waals surface area contributed by atoms with E-state index in [9.17, 15) is 8.42 Å². The molecule has 1 aromatic carbocycles. The van der Waals surface area contributed by atoms with E-state index in [0.717, 1.165) is 30.2 Å². The maximum atomic E-state index is 12.6. The van der Waals surface area contributed by atoms with Crippen LogP contribution in [-0.4, -0.2) is 60.2 Å². The van der Waals surface area contributed by atoms with Crippen LogP contribution in [-0.2, 0) is 10.0 Å². The first-order valence-electron chi connectivity index (χ1n) is 6.65. The number of benzene rings is 1. The van der Waals surface area contributed by atoms with Gasteiger partial charge in [-0.2, -0.15) is 8.68 Å². The number of piperazine rings is 1. The van der Waals surface area contributed by atoms with E-state index in [1.165, 1.54) is 4.31 Å². The molecule has 0 unspecified atom stereocenters. The normalized spacial score (nSPS) is 18.0. The lowest BCUT2D eigenvalue weighted by molar-refractivity contribution is 0.222. The largest absolute Gasteiger partial charge is 0.304 e. The molecule has 2 aromatic rings. The van der Waals surface area contributed by atoms with Crippen molar-refractivity contribution in [3.63, 3.8) is 0 Å². The molecule has 112 valence electrons. The highest BCUT2D eigenvalue weighted by atomic mass is 32.2. The standard InChI is InChI=1S/C13H16N4O2S2/c1-16-7-9-17(10-8-16)21(18,19)13-14-12(15-20-13)11-5-3-2-4-6-11/h2-6H,7-10H2,1H3. The van der Waals surface area contributed by atoms with Gasteiger partial charge >= 0.3 is 0 Å². The van der Waals surface area contributed by atoms with E-state index in [1.54, 1.807) is 0 Å². The molecule has 0 spiro atoms. The Hall–Kier alpha value is -1.35. The monoisotopic (exact) mass is 324 g/mol. The maximum absolute atomic E-state index is 12.6. The van der Waals surface area contributed by atoms with Crippen molar-refractivity contribution in [2.75, 3.05) is 33.2 Å². The Kier molecular flexibility index (Phi) is 4.03. The number of nitrogens with zero attached hydrogens (tertiary/aromatic N) is 4. The van der Waals surface area contributed by atoms with Crippen LogP contribution in [0.5, 0.6) is 0 Å². The van der Waals surface area contributed by atoms with Crippen LogP contribution in [0.4, 0.5) is 0 Å². The van der Waals surface area contributed by atoms with Gasteiger partial charge in [0.15, 0.2) is 5.82 Å². The molecule has 21 heavy (non-hydrogen) atoms. The topological polar surface area (TPSA) is 66.4 Å². The molecule has 6 nitrogen and oxygen atoms in total. The van der Waals surface area contributed by atoms with Crippen molar-refractivity contribution in [3.05, 3.63) is 30.3 Å². The second-order valence-corrected chi connectivity index (χ2v) is 7.82. The summed E-state index contributed by atoms with van der Waals surface area (Å²) in [6.07, 6.45) is 0. The van der Waals surface area contributed by atoms with Crippen LogP contribution in [0, 0.1) is 0 Å². The van der Waals surface area contributed by atoms with Crippen LogP contribution in [0.15, 0.2) is 34.7 Å². The Bertz CT molecular complexity index is 707. The van der Waals surface area contributed by atoms with Gasteiger partial charge in [0.1, 0.15) is 0 Å². The summed E-state index contributed by atoms with van der Waals surface area (Å²) >= 11 is 0.941. The van der Waals surface area contributed by atoms with Gasteiger partial charge in [-0.3, -0.25) is 0 Å². The van der Waals surface area contributed by atoms with Gasteiger partial charge in [0.25, 0.3) is 10.0 Å². The van der Waals surface area contributed by atoms with Crippen molar-refractivity contribution in [2.45, 2.75) is 4.34 Å². The molecule has 1 fully saturated rings. The highest BCUT2D eigenvalue weighted by Crippen LogP contribution is 2.23. The summed E-state index contributed by atoms with van der Waals surface area (Å²) in [6, 6.07) is 9.40. The Morgan fingerprint density at radius 1 is 1.10 bits per heavy atom. The third-order valence-corrected chi connectivity index (χ3v) is 6.41. The van der Waals surface area contributed by atoms with Crippen molar-refractivity contribution in [3.8, 4) is 11.4 Å². The third kappa shape index (κ3) is 2.98. The van der Waals surface area contributed by atoms with E-state index in [-0.39, 0.29) is 4.34 Å². The predicted octanol–water partition coefficient (Wildman–Crippen LogP) is 1.14. The molecule has 0 radical (unpaired) electrons. The van der Waals surface area contributed by atoms with Crippen LogP contribution in [0.1, 0.15) is 0 Å². The average Bonchev–Trinajstić information content (AvgIpc) is 2.99. The molecule has 0 amide bonds. The number of sulfonamides is 1. The number of hydrogen-bond donors (Lipinski definition) is 0. The molecule has 0 atom stereocenters. The molecule has 1 aromatic heterocycles. The molecule has 1 aliphatic heterocycles. The van der Waals surface area contributed by atoms with Crippen molar-refractivity contribution in [2.24, 2.45) is 0 Å². The smallest absolute Gasteiger partial charge is 0.272 e. The van der Waals surface area contributed by atoms with Crippen molar-refractivity contribution in [1.29, 1.82) is 0 Å². The van der Waals surface area contributed by atoms with Crippen molar-refractivity contribution in [1.82, 2.24) is 18.6 Å². The van der Waals surface area contributed by atoms with Crippen LogP contribution in [0.25, 0.3) is 11.4 Å². The first-order valence-corrected chi connectivity index (χ1v) is 8.86. The SMILES string of the molecule is CN1CCN(S(=O)(=O)c2nc(-c3ccccc3)ns2)CC1. The van der Waals surface area contributed by atoms with E-state index in [4.69, 9.17) is 0 Å². The zero-order chi connectivity index (χ0) is 14.9. The molecule has 0 saturated carbocycles. The molecular weight excluding hydrogens is 308 g/mol. The Morgan fingerprint density at radius 3 is 2.43 bits per heavy atom. The number of rotatable bonds is 3. The minimum absolute atomic E-state index is 0.0749. The van der Waals surface area contributed by atoms with Gasteiger partial charge in [-0.1, -0.05) is 30.3 Å². The third-order valence-electron chi connectivity index (χ3n) is 3.46. The lowest BCUT2D eigenvalue weighted by atomic mass is 10.2. The van der Waals surface area contributed by atoms with Gasteiger partial charge in [-0.05, 0) is 18.6 Å². The molecule has 1 aliphatic rings. The molecule has 8 heteroatoms. The summed E-state index contributed by atoms with van der Waals surface area (Å²) in [4.78, 5) is 6.32. The van der Waals surface area contributed by atoms with Crippen LogP contribution < -0.4 is 0 Å². The maximum Gasteiger partial charge on any atom is 0.272 e. The second-order valence-electron chi connectivity index (χ2n) is 4.96. The fourth-order valence-electron chi connectivity index (χ4n) is 2.16. The summed E-state index contributed by atoms with van der Waals surface area (Å²) < 4.78 is 30.8. The number of hydrogen-bond acceptors (Lipinski definition) is 6. The van der Waals surface area contributed by atoms with Crippen LogP contribution in [0.3, 0.4) is 0 Å². The number of aromatic nitrogens is 2. The zero-order valence-electron chi connectivity index (χ0n) is 11.6. The highest BCUT2D eigenvalue weighted by molar-refractivity contribution is 7.91. The fraction of sp³-hybridized carbons (Fsp3) is 0.385. The second kappa shape index (κ2) is 5.80. The fourth-order valence-corrected chi connectivity index (χ4v) is 4.47. The molecule has 1 saturated heterocycles. The quantitative estimate of drug-likeness (QED) is 0.847. The minimum atomic E-state index is -3.52. The minimum Gasteiger partial charge on any atom is -0.304 e. The van der Waals surface area contributed by atoms with Crippen LogP contribution >= 0.6 is 11.5 Å². The summed E-state index contributed by atoms with van der Waals surface area (Å²) in [5.41, 5.74) is 0.827. The Morgan fingerprint density at radius 2 is 1.76 bits per heavy atom. The lowest BCUT2D eigenvalue weighted by Crippen LogP contribution is -2.46. The summed E-state index contributed by atoms with van der Waals surface area (Å²) in [7, 11) is -1.53. The first-order chi connectivity index (χ1) is 10.1. The van der Waals surface area contributed by atoms with E-state index in [2.05, 4.69) is 14.3 Å². The van der Waals surface area contributed by atoms with Crippen molar-refractivity contribution >= 4 is 21.6 Å². The van der Waals surface area contributed by atoms with Gasteiger partial charge in [-0.15, -0.1) is 0 Å². The van der Waals surface area contributed by atoms with Gasteiger partial charge in [0, 0.05) is 31.7 Å². The summed E-state index contributed by atoms with van der Waals surface area (Å²) in [5.74, 6) is 0.466. The van der Waals surface area contributed by atoms with Crippen LogP contribution in [0.2, 0.25) is 0 Å². The molecule has 0 aliphatic carbocycles. The van der Waals surface area contributed by atoms with Gasteiger partial charge in [0.2, 0.25) is 4.34 Å².